The predicted molar refractivity (Wildman–Crippen MR) is 48.2 cm³/mol. The van der Waals surface area contributed by atoms with Crippen molar-refractivity contribution in [1.29, 1.82) is 0 Å². The summed E-state index contributed by atoms with van der Waals surface area (Å²) in [6.45, 7) is 2.20. The number of hydrogen-bond acceptors (Lipinski definition) is 2. The number of nitrogens with one attached hydrogen (secondary N) is 1. The van der Waals surface area contributed by atoms with Crippen molar-refractivity contribution in [3.05, 3.63) is 35.6 Å². The Kier molecular flexibility index (Phi) is 1.91. The topological polar surface area (TPSA) is 38.3 Å². The van der Waals surface area contributed by atoms with Crippen LogP contribution in [-0.4, -0.2) is 12.6 Å². The lowest BCUT2D eigenvalue weighted by molar-refractivity contribution is 0.0704. The smallest absolute Gasteiger partial charge is 0.408 e. The van der Waals surface area contributed by atoms with Crippen LogP contribution in [0.4, 0.5) is 9.18 Å². The van der Waals surface area contributed by atoms with Crippen LogP contribution in [0.1, 0.15) is 12.5 Å². The maximum absolute atomic E-state index is 12.7. The summed E-state index contributed by atoms with van der Waals surface area (Å²) in [5.41, 5.74) is 0.113. The van der Waals surface area contributed by atoms with Gasteiger partial charge in [0.25, 0.3) is 0 Å². The summed E-state index contributed by atoms with van der Waals surface area (Å²) in [5, 5.41) is 2.57. The highest BCUT2D eigenvalue weighted by Crippen LogP contribution is 2.28. The van der Waals surface area contributed by atoms with Crippen LogP contribution >= 0.6 is 0 Å². The third kappa shape index (κ3) is 1.43. The van der Waals surface area contributed by atoms with Gasteiger partial charge in [0.05, 0.1) is 6.54 Å². The number of halogens is 1. The first-order valence-electron chi connectivity index (χ1n) is 4.33. The van der Waals surface area contributed by atoms with E-state index in [1.54, 1.807) is 19.1 Å². The van der Waals surface area contributed by atoms with Crippen LogP contribution in [0.25, 0.3) is 0 Å². The van der Waals surface area contributed by atoms with Crippen molar-refractivity contribution in [1.82, 2.24) is 5.32 Å². The zero-order valence-corrected chi connectivity index (χ0v) is 7.71. The molecule has 0 unspecified atom stereocenters. The summed E-state index contributed by atoms with van der Waals surface area (Å²) in [6, 6.07) is 5.95. The molecule has 74 valence electrons. The standard InChI is InChI=1S/C10H10FNO2/c1-10(6-12-9(13)14-10)7-2-4-8(11)5-3-7/h2-5H,6H2,1H3,(H,12,13)/t10-/m1/s1. The lowest BCUT2D eigenvalue weighted by Gasteiger charge is -2.21. The molecule has 1 atom stereocenters. The van der Waals surface area contributed by atoms with Crippen LogP contribution in [0, 0.1) is 5.82 Å². The molecule has 1 fully saturated rings. The number of alkyl carbamates (subject to hydrolysis) is 1. The molecule has 4 heteroatoms. The number of rotatable bonds is 1. The van der Waals surface area contributed by atoms with Gasteiger partial charge in [0, 0.05) is 0 Å². The van der Waals surface area contributed by atoms with Gasteiger partial charge in [-0.3, -0.25) is 0 Å². The number of cyclic esters (lactones) is 1. The first-order chi connectivity index (χ1) is 6.60. The zero-order valence-electron chi connectivity index (χ0n) is 7.71. The van der Waals surface area contributed by atoms with Gasteiger partial charge >= 0.3 is 6.09 Å². The molecule has 0 aromatic heterocycles. The van der Waals surface area contributed by atoms with Crippen molar-refractivity contribution in [3.63, 3.8) is 0 Å². The van der Waals surface area contributed by atoms with E-state index in [1.165, 1.54) is 12.1 Å². The molecular formula is C10H10FNO2. The van der Waals surface area contributed by atoms with E-state index in [2.05, 4.69) is 5.32 Å². The van der Waals surface area contributed by atoms with Crippen LogP contribution in [0.3, 0.4) is 0 Å². The Morgan fingerprint density at radius 1 is 1.43 bits per heavy atom. The second kappa shape index (κ2) is 2.97. The Balaban J connectivity index is 2.30. The third-order valence-corrected chi connectivity index (χ3v) is 2.34. The average Bonchev–Trinajstić information content (AvgIpc) is 2.48. The van der Waals surface area contributed by atoms with Gasteiger partial charge in [0.1, 0.15) is 5.82 Å². The Morgan fingerprint density at radius 3 is 2.57 bits per heavy atom. The summed E-state index contributed by atoms with van der Waals surface area (Å²) >= 11 is 0. The van der Waals surface area contributed by atoms with Gasteiger partial charge in [0.2, 0.25) is 0 Å². The van der Waals surface area contributed by atoms with E-state index in [0.717, 1.165) is 5.56 Å². The largest absolute Gasteiger partial charge is 0.436 e. The highest BCUT2D eigenvalue weighted by Gasteiger charge is 2.37. The third-order valence-electron chi connectivity index (χ3n) is 2.34. The molecule has 1 heterocycles. The Morgan fingerprint density at radius 2 is 2.07 bits per heavy atom. The molecule has 1 N–H and O–H groups in total. The molecular weight excluding hydrogens is 185 g/mol. The summed E-state index contributed by atoms with van der Waals surface area (Å²) in [6.07, 6.45) is -0.433. The minimum Gasteiger partial charge on any atom is -0.436 e. The van der Waals surface area contributed by atoms with Gasteiger partial charge in [0.15, 0.2) is 5.60 Å². The van der Waals surface area contributed by atoms with Crippen LogP contribution in [0.15, 0.2) is 24.3 Å². The fourth-order valence-corrected chi connectivity index (χ4v) is 1.48. The van der Waals surface area contributed by atoms with Crippen LogP contribution in [0.2, 0.25) is 0 Å². The maximum Gasteiger partial charge on any atom is 0.408 e. The molecule has 14 heavy (non-hydrogen) atoms. The molecule has 1 saturated heterocycles. The van der Waals surface area contributed by atoms with E-state index in [-0.39, 0.29) is 5.82 Å². The van der Waals surface area contributed by atoms with Crippen LogP contribution in [0.5, 0.6) is 0 Å². The number of hydrogen-bond donors (Lipinski definition) is 1. The van der Waals surface area contributed by atoms with Crippen molar-refractivity contribution in [2.75, 3.05) is 6.54 Å². The molecule has 0 spiro atoms. The summed E-state index contributed by atoms with van der Waals surface area (Å²) < 4.78 is 17.8. The Labute approximate surface area is 80.9 Å². The first-order valence-corrected chi connectivity index (χ1v) is 4.33. The van der Waals surface area contributed by atoms with Crippen LogP contribution in [-0.2, 0) is 10.3 Å². The molecule has 3 nitrogen and oxygen atoms in total. The van der Waals surface area contributed by atoms with E-state index >= 15 is 0 Å². The quantitative estimate of drug-likeness (QED) is 0.741. The van der Waals surface area contributed by atoms with Gasteiger partial charge in [-0.2, -0.15) is 0 Å². The monoisotopic (exact) mass is 195 g/mol. The Bertz CT molecular complexity index is 363. The second-order valence-electron chi connectivity index (χ2n) is 3.48. The molecule has 2 rings (SSSR count). The van der Waals surface area contributed by atoms with E-state index in [9.17, 15) is 9.18 Å². The average molecular weight is 195 g/mol. The van der Waals surface area contributed by atoms with Gasteiger partial charge in [-0.15, -0.1) is 0 Å². The molecule has 1 aromatic carbocycles. The molecule has 0 bridgehead atoms. The van der Waals surface area contributed by atoms with Crippen LogP contribution < -0.4 is 5.32 Å². The number of carbonyl (C=O) groups is 1. The highest BCUT2D eigenvalue weighted by atomic mass is 19.1. The van der Waals surface area contributed by atoms with Crippen molar-refractivity contribution < 1.29 is 13.9 Å². The molecule has 0 saturated carbocycles. The number of benzene rings is 1. The van der Waals surface area contributed by atoms with E-state index in [0.29, 0.717) is 6.54 Å². The van der Waals surface area contributed by atoms with Crippen molar-refractivity contribution in [2.24, 2.45) is 0 Å². The summed E-state index contributed by atoms with van der Waals surface area (Å²) in [4.78, 5) is 10.9. The molecule has 1 amide bonds. The molecule has 1 aliphatic rings. The Hall–Kier alpha value is -1.58. The fraction of sp³-hybridized carbons (Fsp3) is 0.300. The first kappa shape index (κ1) is 8.99. The lowest BCUT2D eigenvalue weighted by atomic mass is 9.96. The molecule has 1 aromatic rings. The number of carbonyl (C=O) groups excluding carboxylic acids is 1. The maximum atomic E-state index is 12.7. The minimum absolute atomic E-state index is 0.297. The fourth-order valence-electron chi connectivity index (χ4n) is 1.48. The highest BCUT2D eigenvalue weighted by molar-refractivity contribution is 5.70. The molecule has 0 aliphatic carbocycles. The zero-order chi connectivity index (χ0) is 10.2. The van der Waals surface area contributed by atoms with Crippen molar-refractivity contribution in [3.8, 4) is 0 Å². The minimum atomic E-state index is -0.676. The van der Waals surface area contributed by atoms with Crippen molar-refractivity contribution >= 4 is 6.09 Å². The lowest BCUT2D eigenvalue weighted by Crippen LogP contribution is -2.26. The van der Waals surface area contributed by atoms with E-state index < -0.39 is 11.7 Å². The number of ether oxygens (including phenoxy) is 1. The van der Waals surface area contributed by atoms with E-state index in [4.69, 9.17) is 4.74 Å². The molecule has 0 radical (unpaired) electrons. The van der Waals surface area contributed by atoms with E-state index in [1.807, 2.05) is 0 Å². The van der Waals surface area contributed by atoms with Crippen molar-refractivity contribution in [2.45, 2.75) is 12.5 Å². The van der Waals surface area contributed by atoms with Gasteiger partial charge in [-0.25, -0.2) is 9.18 Å². The summed E-state index contributed by atoms with van der Waals surface area (Å²) in [7, 11) is 0. The molecule has 1 aliphatic heterocycles. The van der Waals surface area contributed by atoms with Gasteiger partial charge in [-0.05, 0) is 24.6 Å². The van der Waals surface area contributed by atoms with Gasteiger partial charge in [-0.1, -0.05) is 12.1 Å². The SMILES string of the molecule is C[C@]1(c2ccc(F)cc2)CNC(=O)O1. The second-order valence-corrected chi connectivity index (χ2v) is 3.48. The normalized spacial score (nSPS) is 25.7. The summed E-state index contributed by atoms with van der Waals surface area (Å²) in [5.74, 6) is -0.297. The number of amides is 1. The van der Waals surface area contributed by atoms with Gasteiger partial charge < -0.3 is 10.1 Å². The predicted octanol–water partition coefficient (Wildman–Crippen LogP) is 1.78.